The Morgan fingerprint density at radius 2 is 1.85 bits per heavy atom. The standard InChI is InChI=1S/C19H21N3O5/c1-3-10-27-19(24)14-5-7-15(8-6-14)20-12-18(23)21-16-9-4-13(2)11-17(16)22(25)26/h4-9,11,20H,3,10,12H2,1-2H3,(H,21,23). The second-order valence-electron chi connectivity index (χ2n) is 5.89. The first kappa shape index (κ1) is 19.9. The van der Waals surface area contributed by atoms with E-state index < -0.39 is 16.8 Å². The molecule has 0 aliphatic rings. The summed E-state index contributed by atoms with van der Waals surface area (Å²) >= 11 is 0. The Bertz CT molecular complexity index is 834. The predicted octanol–water partition coefficient (Wildman–Crippen LogP) is 3.52. The Kier molecular flexibility index (Phi) is 6.87. The van der Waals surface area contributed by atoms with Gasteiger partial charge in [0.05, 0.1) is 23.6 Å². The molecule has 0 radical (unpaired) electrons. The Hall–Kier alpha value is -3.42. The zero-order chi connectivity index (χ0) is 19.8. The summed E-state index contributed by atoms with van der Waals surface area (Å²) in [5.74, 6) is -0.818. The molecule has 27 heavy (non-hydrogen) atoms. The second-order valence-corrected chi connectivity index (χ2v) is 5.89. The average Bonchev–Trinajstić information content (AvgIpc) is 2.66. The Morgan fingerprint density at radius 3 is 2.48 bits per heavy atom. The lowest BCUT2D eigenvalue weighted by Crippen LogP contribution is -2.22. The summed E-state index contributed by atoms with van der Waals surface area (Å²) < 4.78 is 5.04. The number of nitro benzene ring substituents is 1. The molecule has 0 aliphatic heterocycles. The molecule has 0 atom stereocenters. The van der Waals surface area contributed by atoms with Crippen LogP contribution in [0.2, 0.25) is 0 Å². The number of anilines is 2. The van der Waals surface area contributed by atoms with Gasteiger partial charge in [0.15, 0.2) is 0 Å². The molecule has 2 N–H and O–H groups in total. The molecule has 2 rings (SSSR count). The van der Waals surface area contributed by atoms with Crippen LogP contribution in [0, 0.1) is 17.0 Å². The largest absolute Gasteiger partial charge is 0.462 e. The number of aryl methyl sites for hydroxylation is 1. The van der Waals surface area contributed by atoms with Crippen molar-refractivity contribution in [2.75, 3.05) is 23.8 Å². The third-order valence-corrected chi connectivity index (χ3v) is 3.63. The van der Waals surface area contributed by atoms with E-state index in [0.29, 0.717) is 17.9 Å². The van der Waals surface area contributed by atoms with E-state index in [1.807, 2.05) is 6.92 Å². The molecule has 0 bridgehead atoms. The van der Waals surface area contributed by atoms with Gasteiger partial charge >= 0.3 is 5.97 Å². The third-order valence-electron chi connectivity index (χ3n) is 3.63. The maximum Gasteiger partial charge on any atom is 0.338 e. The third kappa shape index (κ3) is 5.81. The van der Waals surface area contributed by atoms with Gasteiger partial charge in [-0.15, -0.1) is 0 Å². The first-order valence-electron chi connectivity index (χ1n) is 8.46. The molecule has 8 nitrogen and oxygen atoms in total. The van der Waals surface area contributed by atoms with Crippen molar-refractivity contribution in [1.82, 2.24) is 0 Å². The minimum absolute atomic E-state index is 0.0787. The van der Waals surface area contributed by atoms with Gasteiger partial charge in [-0.1, -0.05) is 13.0 Å². The SMILES string of the molecule is CCCOC(=O)c1ccc(NCC(=O)Nc2ccc(C)cc2[N+](=O)[O-])cc1. The summed E-state index contributed by atoms with van der Waals surface area (Å²) in [5.41, 5.74) is 1.78. The van der Waals surface area contributed by atoms with E-state index in [4.69, 9.17) is 4.74 Å². The molecule has 0 saturated carbocycles. The molecule has 0 spiro atoms. The smallest absolute Gasteiger partial charge is 0.338 e. The van der Waals surface area contributed by atoms with Crippen LogP contribution in [-0.4, -0.2) is 30.0 Å². The fourth-order valence-corrected chi connectivity index (χ4v) is 2.28. The van der Waals surface area contributed by atoms with Gasteiger partial charge in [-0.05, 0) is 49.2 Å². The highest BCUT2D eigenvalue weighted by Gasteiger charge is 2.16. The van der Waals surface area contributed by atoms with Crippen LogP contribution in [0.3, 0.4) is 0 Å². The predicted molar refractivity (Wildman–Crippen MR) is 102 cm³/mol. The number of hydrogen-bond donors (Lipinski definition) is 2. The van der Waals surface area contributed by atoms with Gasteiger partial charge in [0, 0.05) is 11.8 Å². The molecular formula is C19H21N3O5. The number of nitrogens with one attached hydrogen (secondary N) is 2. The van der Waals surface area contributed by atoms with Crippen molar-refractivity contribution >= 4 is 28.9 Å². The van der Waals surface area contributed by atoms with Crippen LogP contribution in [0.15, 0.2) is 42.5 Å². The van der Waals surface area contributed by atoms with Crippen LogP contribution in [0.1, 0.15) is 29.3 Å². The lowest BCUT2D eigenvalue weighted by molar-refractivity contribution is -0.384. The summed E-state index contributed by atoms with van der Waals surface area (Å²) in [6.45, 7) is 3.94. The van der Waals surface area contributed by atoms with Crippen LogP contribution >= 0.6 is 0 Å². The molecule has 0 saturated heterocycles. The molecule has 0 unspecified atom stereocenters. The highest BCUT2D eigenvalue weighted by atomic mass is 16.6. The van der Waals surface area contributed by atoms with Crippen molar-refractivity contribution in [2.24, 2.45) is 0 Å². The van der Waals surface area contributed by atoms with Crippen molar-refractivity contribution in [2.45, 2.75) is 20.3 Å². The number of esters is 1. The maximum atomic E-state index is 12.1. The quantitative estimate of drug-likeness (QED) is 0.417. The van der Waals surface area contributed by atoms with E-state index in [0.717, 1.165) is 12.0 Å². The summed E-state index contributed by atoms with van der Waals surface area (Å²) in [7, 11) is 0. The molecule has 2 aromatic carbocycles. The van der Waals surface area contributed by atoms with E-state index in [2.05, 4.69) is 10.6 Å². The summed E-state index contributed by atoms with van der Waals surface area (Å²) in [6.07, 6.45) is 0.750. The van der Waals surface area contributed by atoms with E-state index >= 15 is 0 Å². The number of carbonyl (C=O) groups is 2. The molecule has 0 fully saturated rings. The molecule has 0 aromatic heterocycles. The van der Waals surface area contributed by atoms with Gasteiger partial charge in [0.25, 0.3) is 5.69 Å². The van der Waals surface area contributed by atoms with Crippen molar-refractivity contribution in [1.29, 1.82) is 0 Å². The average molecular weight is 371 g/mol. The first-order chi connectivity index (χ1) is 12.9. The number of ether oxygens (including phenoxy) is 1. The van der Waals surface area contributed by atoms with Crippen molar-refractivity contribution in [3.05, 3.63) is 63.7 Å². The van der Waals surface area contributed by atoms with Crippen LogP contribution < -0.4 is 10.6 Å². The number of nitro groups is 1. The number of amides is 1. The fraction of sp³-hybridized carbons (Fsp3) is 0.263. The van der Waals surface area contributed by atoms with Crippen molar-refractivity contribution < 1.29 is 19.2 Å². The Labute approximate surface area is 156 Å². The highest BCUT2D eigenvalue weighted by Crippen LogP contribution is 2.25. The molecule has 0 aliphatic carbocycles. The van der Waals surface area contributed by atoms with E-state index in [9.17, 15) is 19.7 Å². The van der Waals surface area contributed by atoms with E-state index in [-0.39, 0.29) is 17.9 Å². The van der Waals surface area contributed by atoms with E-state index in [1.54, 1.807) is 37.3 Å². The zero-order valence-corrected chi connectivity index (χ0v) is 15.2. The van der Waals surface area contributed by atoms with E-state index in [1.165, 1.54) is 12.1 Å². The van der Waals surface area contributed by atoms with Gasteiger partial charge in [-0.25, -0.2) is 4.79 Å². The van der Waals surface area contributed by atoms with Crippen molar-refractivity contribution in [3.8, 4) is 0 Å². The number of nitrogens with zero attached hydrogens (tertiary/aromatic N) is 1. The van der Waals surface area contributed by atoms with Crippen LogP contribution in [-0.2, 0) is 9.53 Å². The Balaban J connectivity index is 1.92. The lowest BCUT2D eigenvalue weighted by Gasteiger charge is -2.09. The molecule has 142 valence electrons. The Morgan fingerprint density at radius 1 is 1.15 bits per heavy atom. The van der Waals surface area contributed by atoms with Gasteiger partial charge in [0.1, 0.15) is 5.69 Å². The molecule has 2 aromatic rings. The van der Waals surface area contributed by atoms with Gasteiger partial charge < -0.3 is 15.4 Å². The maximum absolute atomic E-state index is 12.1. The second kappa shape index (κ2) is 9.33. The molecular weight excluding hydrogens is 350 g/mol. The normalized spacial score (nSPS) is 10.1. The van der Waals surface area contributed by atoms with Crippen LogP contribution in [0.25, 0.3) is 0 Å². The minimum Gasteiger partial charge on any atom is -0.462 e. The molecule has 0 heterocycles. The fourth-order valence-electron chi connectivity index (χ4n) is 2.28. The lowest BCUT2D eigenvalue weighted by atomic mass is 10.2. The van der Waals surface area contributed by atoms with Gasteiger partial charge in [-0.2, -0.15) is 0 Å². The number of benzene rings is 2. The number of hydrogen-bond acceptors (Lipinski definition) is 6. The summed E-state index contributed by atoms with van der Waals surface area (Å²) in [6, 6.07) is 11.1. The molecule has 8 heteroatoms. The molecule has 1 amide bonds. The van der Waals surface area contributed by atoms with Crippen molar-refractivity contribution in [3.63, 3.8) is 0 Å². The van der Waals surface area contributed by atoms with Crippen LogP contribution in [0.5, 0.6) is 0 Å². The minimum atomic E-state index is -0.535. The zero-order valence-electron chi connectivity index (χ0n) is 15.2. The summed E-state index contributed by atoms with van der Waals surface area (Å²) in [4.78, 5) is 34.4. The first-order valence-corrected chi connectivity index (χ1v) is 8.46. The van der Waals surface area contributed by atoms with Gasteiger partial charge in [-0.3, -0.25) is 14.9 Å². The monoisotopic (exact) mass is 371 g/mol. The van der Waals surface area contributed by atoms with Crippen LogP contribution in [0.4, 0.5) is 17.1 Å². The number of rotatable bonds is 8. The van der Waals surface area contributed by atoms with Gasteiger partial charge in [0.2, 0.25) is 5.91 Å². The summed E-state index contributed by atoms with van der Waals surface area (Å²) in [5, 5.41) is 16.5. The number of carbonyl (C=O) groups excluding carboxylic acids is 2. The highest BCUT2D eigenvalue weighted by molar-refractivity contribution is 5.96. The topological polar surface area (TPSA) is 111 Å².